The van der Waals surface area contributed by atoms with Gasteiger partial charge in [-0.1, -0.05) is 23.2 Å². The quantitative estimate of drug-likeness (QED) is 0.643. The molecule has 0 spiro atoms. The summed E-state index contributed by atoms with van der Waals surface area (Å²) < 4.78 is 0. The van der Waals surface area contributed by atoms with Crippen LogP contribution in [-0.2, 0) is 0 Å². The van der Waals surface area contributed by atoms with Crippen LogP contribution in [0.3, 0.4) is 0 Å². The third kappa shape index (κ3) is 2.28. The van der Waals surface area contributed by atoms with E-state index in [9.17, 15) is 4.79 Å². The molecule has 0 radical (unpaired) electrons. The minimum atomic E-state index is -0.274. The molecular weight excluding hydrogens is 250 g/mol. The molecule has 1 aromatic carbocycles. The van der Waals surface area contributed by atoms with Gasteiger partial charge in [-0.15, -0.1) is 0 Å². The zero-order valence-corrected chi connectivity index (χ0v) is 10.5. The smallest absolute Gasteiger partial charge is 0.198 e. The predicted molar refractivity (Wildman–Crippen MR) is 72.7 cm³/mol. The van der Waals surface area contributed by atoms with Gasteiger partial charge in [-0.3, -0.25) is 4.79 Å². The molecule has 4 nitrogen and oxygen atoms in total. The zero-order valence-electron chi connectivity index (χ0n) is 9.77. The van der Waals surface area contributed by atoms with E-state index in [4.69, 9.17) is 23.1 Å². The second-order valence-corrected chi connectivity index (χ2v) is 4.44. The van der Waals surface area contributed by atoms with Crippen LogP contribution in [0.5, 0.6) is 0 Å². The number of pyridine rings is 1. The number of ketones is 1. The lowest BCUT2D eigenvalue weighted by molar-refractivity contribution is 0.104. The van der Waals surface area contributed by atoms with Gasteiger partial charge in [-0.2, -0.15) is 0 Å². The molecular formula is C13H12ClN3O. The van der Waals surface area contributed by atoms with Gasteiger partial charge < -0.3 is 11.5 Å². The largest absolute Gasteiger partial charge is 0.398 e. The van der Waals surface area contributed by atoms with Crippen molar-refractivity contribution in [2.45, 2.75) is 6.92 Å². The topological polar surface area (TPSA) is 82.0 Å². The van der Waals surface area contributed by atoms with Gasteiger partial charge in [0.2, 0.25) is 0 Å². The highest BCUT2D eigenvalue weighted by Gasteiger charge is 2.16. The fourth-order valence-electron chi connectivity index (χ4n) is 1.64. The number of nitrogens with two attached hydrogens (primary N) is 2. The van der Waals surface area contributed by atoms with Gasteiger partial charge in [0, 0.05) is 17.4 Å². The molecule has 1 aromatic heterocycles. The van der Waals surface area contributed by atoms with Gasteiger partial charge >= 0.3 is 0 Å². The first-order valence-corrected chi connectivity index (χ1v) is 5.68. The molecule has 0 fully saturated rings. The van der Waals surface area contributed by atoms with Crippen LogP contribution in [0.25, 0.3) is 0 Å². The Bertz CT molecular complexity index is 572. The number of hydrogen-bond donors (Lipinski definition) is 2. The van der Waals surface area contributed by atoms with Gasteiger partial charge in [0.1, 0.15) is 5.82 Å². The van der Waals surface area contributed by atoms with E-state index in [1.165, 1.54) is 12.3 Å². The van der Waals surface area contributed by atoms with Crippen molar-refractivity contribution in [3.8, 4) is 0 Å². The Labute approximate surface area is 110 Å². The number of carbonyl (C=O) groups is 1. The normalized spacial score (nSPS) is 10.3. The van der Waals surface area contributed by atoms with E-state index in [0.717, 1.165) is 5.56 Å². The molecule has 0 aliphatic heterocycles. The SMILES string of the molecule is Cc1ccc(N)c(C(=O)c2cc(Cl)cnc2N)c1. The highest BCUT2D eigenvalue weighted by atomic mass is 35.5. The molecule has 0 bridgehead atoms. The first kappa shape index (κ1) is 12.4. The zero-order chi connectivity index (χ0) is 13.3. The van der Waals surface area contributed by atoms with Crippen LogP contribution in [0.2, 0.25) is 5.02 Å². The highest BCUT2D eigenvalue weighted by Crippen LogP contribution is 2.22. The fourth-order valence-corrected chi connectivity index (χ4v) is 1.80. The molecule has 92 valence electrons. The van der Waals surface area contributed by atoms with Crippen LogP contribution in [0.15, 0.2) is 30.5 Å². The lowest BCUT2D eigenvalue weighted by Gasteiger charge is -2.08. The van der Waals surface area contributed by atoms with Crippen molar-refractivity contribution in [1.82, 2.24) is 4.98 Å². The van der Waals surface area contributed by atoms with E-state index in [0.29, 0.717) is 16.3 Å². The first-order valence-electron chi connectivity index (χ1n) is 5.31. The van der Waals surface area contributed by atoms with Gasteiger partial charge in [-0.25, -0.2) is 4.98 Å². The Morgan fingerprint density at radius 2 is 1.94 bits per heavy atom. The molecule has 18 heavy (non-hydrogen) atoms. The molecule has 2 aromatic rings. The van der Waals surface area contributed by atoms with Crippen LogP contribution in [0.1, 0.15) is 21.5 Å². The van der Waals surface area contributed by atoms with Gasteiger partial charge in [-0.05, 0) is 25.1 Å². The van der Waals surface area contributed by atoms with Gasteiger partial charge in [0.15, 0.2) is 5.78 Å². The third-order valence-electron chi connectivity index (χ3n) is 2.58. The first-order chi connectivity index (χ1) is 8.49. The maximum atomic E-state index is 12.3. The van der Waals surface area contributed by atoms with Crippen molar-refractivity contribution in [1.29, 1.82) is 0 Å². The van der Waals surface area contributed by atoms with E-state index in [1.807, 2.05) is 13.0 Å². The van der Waals surface area contributed by atoms with Gasteiger partial charge in [0.25, 0.3) is 0 Å². The van der Waals surface area contributed by atoms with E-state index >= 15 is 0 Å². The summed E-state index contributed by atoms with van der Waals surface area (Å²) in [6.07, 6.45) is 1.40. The molecule has 4 N–H and O–H groups in total. The molecule has 5 heteroatoms. The number of rotatable bonds is 2. The van der Waals surface area contributed by atoms with E-state index in [-0.39, 0.29) is 17.2 Å². The minimum absolute atomic E-state index is 0.144. The Morgan fingerprint density at radius 3 is 2.67 bits per heavy atom. The maximum Gasteiger partial charge on any atom is 0.198 e. The number of nitrogens with zero attached hydrogens (tertiary/aromatic N) is 1. The predicted octanol–water partition coefficient (Wildman–Crippen LogP) is 2.44. The maximum absolute atomic E-state index is 12.3. The average molecular weight is 262 g/mol. The number of aryl methyl sites for hydroxylation is 1. The summed E-state index contributed by atoms with van der Waals surface area (Å²) in [7, 11) is 0. The molecule has 0 aliphatic carbocycles. The monoisotopic (exact) mass is 261 g/mol. The number of halogens is 1. The number of carbonyl (C=O) groups excluding carboxylic acids is 1. The molecule has 0 aliphatic rings. The highest BCUT2D eigenvalue weighted by molar-refractivity contribution is 6.31. The Balaban J connectivity index is 2.54. The number of aromatic nitrogens is 1. The fraction of sp³-hybridized carbons (Fsp3) is 0.0769. The van der Waals surface area contributed by atoms with Crippen molar-refractivity contribution < 1.29 is 4.79 Å². The van der Waals surface area contributed by atoms with Crippen molar-refractivity contribution >= 4 is 28.9 Å². The second-order valence-electron chi connectivity index (χ2n) is 4.01. The molecule has 0 amide bonds. The Hall–Kier alpha value is -2.07. The molecule has 0 saturated heterocycles. The summed E-state index contributed by atoms with van der Waals surface area (Å²) in [5.74, 6) is -0.131. The lowest BCUT2D eigenvalue weighted by Crippen LogP contribution is -2.09. The van der Waals surface area contributed by atoms with Gasteiger partial charge in [0.05, 0.1) is 10.6 Å². The summed E-state index contributed by atoms with van der Waals surface area (Å²) in [5, 5.41) is 0.360. The number of anilines is 2. The summed E-state index contributed by atoms with van der Waals surface area (Å²) in [4.78, 5) is 16.2. The Morgan fingerprint density at radius 1 is 1.22 bits per heavy atom. The summed E-state index contributed by atoms with van der Waals surface area (Å²) >= 11 is 5.82. The van der Waals surface area contributed by atoms with Crippen LogP contribution in [0, 0.1) is 6.92 Å². The summed E-state index contributed by atoms with van der Waals surface area (Å²) in [6.45, 7) is 1.88. The van der Waals surface area contributed by atoms with Crippen LogP contribution in [0.4, 0.5) is 11.5 Å². The van der Waals surface area contributed by atoms with Crippen LogP contribution >= 0.6 is 11.6 Å². The number of hydrogen-bond acceptors (Lipinski definition) is 4. The lowest BCUT2D eigenvalue weighted by atomic mass is 10.0. The molecule has 0 saturated carbocycles. The van der Waals surface area contributed by atoms with Crippen molar-refractivity contribution in [3.05, 3.63) is 52.2 Å². The second kappa shape index (κ2) is 4.66. The van der Waals surface area contributed by atoms with Crippen molar-refractivity contribution in [2.24, 2.45) is 0 Å². The average Bonchev–Trinajstić information content (AvgIpc) is 2.34. The summed E-state index contributed by atoms with van der Waals surface area (Å²) in [5.41, 5.74) is 13.5. The van der Waals surface area contributed by atoms with Crippen LogP contribution in [-0.4, -0.2) is 10.8 Å². The van der Waals surface area contributed by atoms with Crippen molar-refractivity contribution in [3.63, 3.8) is 0 Å². The third-order valence-corrected chi connectivity index (χ3v) is 2.79. The number of benzene rings is 1. The molecule has 1 heterocycles. The van der Waals surface area contributed by atoms with Crippen molar-refractivity contribution in [2.75, 3.05) is 11.5 Å². The molecule has 2 rings (SSSR count). The van der Waals surface area contributed by atoms with Crippen LogP contribution < -0.4 is 11.5 Å². The van der Waals surface area contributed by atoms with E-state index in [2.05, 4.69) is 4.98 Å². The Kier molecular flexibility index (Phi) is 3.21. The minimum Gasteiger partial charge on any atom is -0.398 e. The molecule has 0 unspecified atom stereocenters. The standard InChI is InChI=1S/C13H12ClN3O/c1-7-2-3-11(15)9(4-7)12(18)10-5-8(14)6-17-13(10)16/h2-6H,15H2,1H3,(H2,16,17). The van der Waals surface area contributed by atoms with E-state index < -0.39 is 0 Å². The molecule has 0 atom stereocenters. The van der Waals surface area contributed by atoms with E-state index in [1.54, 1.807) is 12.1 Å². The summed E-state index contributed by atoms with van der Waals surface area (Å²) in [6, 6.07) is 6.74. The number of nitrogen functional groups attached to an aromatic ring is 2.